The summed E-state index contributed by atoms with van der Waals surface area (Å²) in [6.07, 6.45) is 3.15. The van der Waals surface area contributed by atoms with Crippen LogP contribution in [0.25, 0.3) is 33.3 Å². The van der Waals surface area contributed by atoms with Gasteiger partial charge < -0.3 is 30.8 Å². The van der Waals surface area contributed by atoms with Gasteiger partial charge in [-0.25, -0.2) is 19.3 Å². The van der Waals surface area contributed by atoms with E-state index in [2.05, 4.69) is 44.0 Å². The Hall–Kier alpha value is -5.57. The van der Waals surface area contributed by atoms with Crippen LogP contribution in [0.5, 0.6) is 11.8 Å². The number of amides is 1. The molecule has 0 aliphatic rings. The Morgan fingerprint density at radius 3 is 2.60 bits per heavy atom. The summed E-state index contributed by atoms with van der Waals surface area (Å²) >= 11 is 0. The van der Waals surface area contributed by atoms with Gasteiger partial charge in [-0.2, -0.15) is 0 Å². The van der Waals surface area contributed by atoms with Crippen molar-refractivity contribution in [2.24, 2.45) is 7.05 Å². The maximum absolute atomic E-state index is 15.6. The van der Waals surface area contributed by atoms with Crippen LogP contribution in [-0.4, -0.2) is 50.2 Å². The first-order valence-electron chi connectivity index (χ1n) is 14.1. The highest BCUT2D eigenvalue weighted by Crippen LogP contribution is 2.44. The lowest BCUT2D eigenvalue weighted by atomic mass is 9.97. The fourth-order valence-electron chi connectivity index (χ4n) is 4.85. The van der Waals surface area contributed by atoms with Crippen LogP contribution in [0, 0.1) is 24.6 Å². The van der Waals surface area contributed by atoms with Crippen LogP contribution in [0.3, 0.4) is 0 Å². The second kappa shape index (κ2) is 13.4. The number of anilines is 2. The summed E-state index contributed by atoms with van der Waals surface area (Å²) in [5.41, 5.74) is 12.2. The number of nitrogens with one attached hydrogen (secondary N) is 2. The molecule has 10 nitrogen and oxygen atoms in total. The van der Waals surface area contributed by atoms with Crippen LogP contribution < -0.4 is 21.1 Å². The monoisotopic (exact) mass is 605 g/mol. The molecule has 3 heterocycles. The molecule has 11 heteroatoms. The van der Waals surface area contributed by atoms with E-state index in [-0.39, 0.29) is 30.1 Å². The molecule has 0 saturated carbocycles. The van der Waals surface area contributed by atoms with Crippen molar-refractivity contribution in [2.75, 3.05) is 30.7 Å². The Morgan fingerprint density at radius 2 is 1.91 bits per heavy atom. The number of carbonyl (C=O) groups excluding carboxylic acids is 1. The van der Waals surface area contributed by atoms with Gasteiger partial charge in [0.25, 0.3) is 5.91 Å². The molecule has 3 aromatic heterocycles. The molecule has 5 N–H and O–H groups in total. The molecular formula is C34H32FN7O3. The minimum Gasteiger partial charge on any atom is -0.421 e. The molecule has 0 radical (unpaired) electrons. The van der Waals surface area contributed by atoms with Gasteiger partial charge in [0.1, 0.15) is 5.82 Å². The molecular weight excluding hydrogens is 573 g/mol. The lowest BCUT2D eigenvalue weighted by Crippen LogP contribution is -2.18. The lowest BCUT2D eigenvalue weighted by molar-refractivity contribution is -0.112. The van der Waals surface area contributed by atoms with Gasteiger partial charge in [0.15, 0.2) is 11.6 Å². The Morgan fingerprint density at radius 1 is 1.16 bits per heavy atom. The van der Waals surface area contributed by atoms with Crippen LogP contribution in [0.15, 0.2) is 73.1 Å². The van der Waals surface area contributed by atoms with Gasteiger partial charge in [0.2, 0.25) is 0 Å². The van der Waals surface area contributed by atoms with Gasteiger partial charge in [-0.15, -0.1) is 0 Å². The van der Waals surface area contributed by atoms with Crippen LogP contribution in [0.4, 0.5) is 15.9 Å². The zero-order valence-corrected chi connectivity index (χ0v) is 25.1. The number of pyridine rings is 1. The average Bonchev–Trinajstić information content (AvgIpc) is 3.33. The number of hydrogen-bond donors (Lipinski definition) is 4. The van der Waals surface area contributed by atoms with Crippen molar-refractivity contribution >= 4 is 28.3 Å². The van der Waals surface area contributed by atoms with Crippen molar-refractivity contribution in [3.63, 3.8) is 0 Å². The van der Waals surface area contributed by atoms with Gasteiger partial charge in [-0.05, 0) is 55.3 Å². The van der Waals surface area contributed by atoms with Crippen molar-refractivity contribution in [1.82, 2.24) is 24.8 Å². The number of carbonyl (C=O) groups is 1. The minimum atomic E-state index is -0.615. The number of ether oxygens (including phenoxy) is 1. The molecule has 0 unspecified atom stereocenters. The van der Waals surface area contributed by atoms with E-state index in [1.165, 1.54) is 12.1 Å². The van der Waals surface area contributed by atoms with E-state index in [0.717, 1.165) is 16.8 Å². The third-order valence-electron chi connectivity index (χ3n) is 6.96. The summed E-state index contributed by atoms with van der Waals surface area (Å²) in [7, 11) is 1.88. The number of aromatic nitrogens is 4. The van der Waals surface area contributed by atoms with Crippen molar-refractivity contribution in [3.05, 3.63) is 90.2 Å². The molecule has 0 aliphatic heterocycles. The van der Waals surface area contributed by atoms with Crippen LogP contribution in [0.1, 0.15) is 18.2 Å². The zero-order valence-electron chi connectivity index (χ0n) is 25.1. The summed E-state index contributed by atoms with van der Waals surface area (Å²) in [5.74, 6) is 5.54. The number of nitrogen functional groups attached to an aromatic ring is 1. The van der Waals surface area contributed by atoms with Crippen molar-refractivity contribution in [1.29, 1.82) is 0 Å². The predicted octanol–water partition coefficient (Wildman–Crippen LogP) is 4.97. The summed E-state index contributed by atoms with van der Waals surface area (Å²) in [6, 6.07) is 13.7. The number of rotatable bonds is 9. The predicted molar refractivity (Wildman–Crippen MR) is 173 cm³/mol. The van der Waals surface area contributed by atoms with Crippen LogP contribution in [-0.2, 0) is 11.8 Å². The van der Waals surface area contributed by atoms with E-state index in [9.17, 15) is 4.79 Å². The fourth-order valence-corrected chi connectivity index (χ4v) is 4.85. The number of nitrogens with zero attached hydrogens (tertiary/aromatic N) is 4. The number of aryl methyl sites for hydroxylation is 2. The zero-order chi connectivity index (χ0) is 32.1. The second-order valence-corrected chi connectivity index (χ2v) is 10.3. The van der Waals surface area contributed by atoms with E-state index in [0.29, 0.717) is 52.1 Å². The topological polar surface area (TPSA) is 140 Å². The molecule has 0 fully saturated rings. The first-order chi connectivity index (χ1) is 21.7. The van der Waals surface area contributed by atoms with Crippen molar-refractivity contribution in [3.8, 4) is 46.0 Å². The summed E-state index contributed by atoms with van der Waals surface area (Å²) < 4.78 is 23.2. The highest BCUT2D eigenvalue weighted by Gasteiger charge is 2.24. The Balaban J connectivity index is 1.66. The molecule has 228 valence electrons. The van der Waals surface area contributed by atoms with E-state index in [1.807, 2.05) is 23.7 Å². The molecule has 5 aromatic rings. The molecule has 0 aliphatic carbocycles. The van der Waals surface area contributed by atoms with E-state index in [1.54, 1.807) is 50.5 Å². The molecule has 1 amide bonds. The number of halogens is 1. The number of aliphatic hydroxyl groups is 1. The molecule has 2 aromatic carbocycles. The number of hydrogen-bond acceptors (Lipinski definition) is 8. The number of fused-ring (bicyclic) bond motifs is 1. The smallest absolute Gasteiger partial charge is 0.322 e. The molecule has 0 spiro atoms. The first-order valence-corrected chi connectivity index (χ1v) is 14.1. The summed E-state index contributed by atoms with van der Waals surface area (Å²) in [4.78, 5) is 24.9. The SMILES string of the molecule is C=C(C)C(=O)Nc1ccc(-c2c(-c3ccc(Oc4nccc(C)n4)c(F)c3)c3c(N)ncc(C#CCNCCO)c3n2C)cc1. The van der Waals surface area contributed by atoms with Crippen LogP contribution in [0.2, 0.25) is 0 Å². The Bertz CT molecular complexity index is 1970. The van der Waals surface area contributed by atoms with Gasteiger partial charge in [0.05, 0.1) is 35.3 Å². The molecule has 5 rings (SSSR count). The van der Waals surface area contributed by atoms with E-state index < -0.39 is 5.82 Å². The standard InChI is InChI=1S/C34H32FN7O3/c1-20(2)33(44)41-25-10-7-22(8-11-25)30-28(23-9-12-27(26(35)18-23)45-34-38-15-13-21(3)40-34)29-31(42(30)4)24(19-39-32(29)36)6-5-14-37-16-17-43/h7-13,15,18-19,37,43H,1,14,16-17H2,2-4H3,(H2,36,39)(H,41,44). The third kappa shape index (κ3) is 6.67. The van der Waals surface area contributed by atoms with E-state index in [4.69, 9.17) is 15.6 Å². The number of nitrogens with two attached hydrogens (primary N) is 1. The maximum atomic E-state index is 15.6. The molecule has 0 atom stereocenters. The van der Waals surface area contributed by atoms with Gasteiger partial charge >= 0.3 is 6.01 Å². The molecule has 45 heavy (non-hydrogen) atoms. The Labute approximate surface area is 259 Å². The van der Waals surface area contributed by atoms with Gasteiger partial charge in [-0.3, -0.25) is 4.79 Å². The average molecular weight is 606 g/mol. The first kappa shape index (κ1) is 30.9. The molecule has 0 bridgehead atoms. The number of benzene rings is 2. The quantitative estimate of drug-likeness (QED) is 0.105. The van der Waals surface area contributed by atoms with Crippen LogP contribution >= 0.6 is 0 Å². The highest BCUT2D eigenvalue weighted by molar-refractivity contribution is 6.11. The minimum absolute atomic E-state index is 0.00789. The maximum Gasteiger partial charge on any atom is 0.322 e. The van der Waals surface area contributed by atoms with Crippen molar-refractivity contribution < 1.29 is 19.0 Å². The summed E-state index contributed by atoms with van der Waals surface area (Å²) in [6.45, 7) is 7.91. The fraction of sp³-hybridized carbons (Fsp3) is 0.176. The largest absolute Gasteiger partial charge is 0.421 e. The second-order valence-electron chi connectivity index (χ2n) is 10.3. The normalized spacial score (nSPS) is 10.8. The highest BCUT2D eigenvalue weighted by atomic mass is 19.1. The summed E-state index contributed by atoms with van der Waals surface area (Å²) in [5, 5.41) is 15.5. The number of aliphatic hydroxyl groups excluding tert-OH is 1. The lowest BCUT2D eigenvalue weighted by Gasteiger charge is -2.12. The van der Waals surface area contributed by atoms with Crippen molar-refractivity contribution in [2.45, 2.75) is 13.8 Å². The van der Waals surface area contributed by atoms with Gasteiger partial charge in [-0.1, -0.05) is 36.6 Å². The third-order valence-corrected chi connectivity index (χ3v) is 6.96. The molecule has 0 saturated heterocycles. The Kier molecular flexibility index (Phi) is 9.18. The van der Waals surface area contributed by atoms with E-state index >= 15 is 4.39 Å². The van der Waals surface area contributed by atoms with Gasteiger partial charge in [0, 0.05) is 48.5 Å².